The molecule has 20 heavy (non-hydrogen) atoms. The first-order chi connectivity index (χ1) is 9.85. The molecule has 3 heteroatoms. The number of hydrogen-bond donors (Lipinski definition) is 1. The van der Waals surface area contributed by atoms with E-state index < -0.39 is 0 Å². The Morgan fingerprint density at radius 1 is 1.25 bits per heavy atom. The summed E-state index contributed by atoms with van der Waals surface area (Å²) >= 11 is 0. The number of aromatic nitrogens is 1. The molecule has 1 aliphatic rings. The summed E-state index contributed by atoms with van der Waals surface area (Å²) in [6.45, 7) is 3.02. The minimum absolute atomic E-state index is 0.668. The van der Waals surface area contributed by atoms with Crippen LogP contribution in [-0.4, -0.2) is 11.0 Å². The number of benzene rings is 1. The first-order valence-electron chi connectivity index (χ1n) is 7.29. The molecule has 104 valence electrons. The Balaban J connectivity index is 1.71. The third-order valence-corrected chi connectivity index (χ3v) is 3.54. The summed E-state index contributed by atoms with van der Waals surface area (Å²) in [5, 5.41) is 3.50. The van der Waals surface area contributed by atoms with E-state index in [-0.39, 0.29) is 0 Å². The molecule has 0 aliphatic heterocycles. The van der Waals surface area contributed by atoms with E-state index in [0.717, 1.165) is 18.7 Å². The standard InChI is InChI=1S/C17H20N2O/c1-2-14-5-3-4-6-16(14)20-17-11-13(9-10-18-17)12-19-15-7-8-15/h3-6,9-11,15,19H,2,7-8,12H2,1H3. The van der Waals surface area contributed by atoms with Gasteiger partial charge in [0.05, 0.1) is 0 Å². The van der Waals surface area contributed by atoms with Crippen molar-refractivity contribution in [3.05, 3.63) is 53.7 Å². The van der Waals surface area contributed by atoms with Gasteiger partial charge in [-0.2, -0.15) is 0 Å². The predicted molar refractivity (Wildman–Crippen MR) is 80.0 cm³/mol. The molecule has 0 saturated heterocycles. The van der Waals surface area contributed by atoms with Crippen LogP contribution in [-0.2, 0) is 13.0 Å². The van der Waals surface area contributed by atoms with Gasteiger partial charge in [-0.15, -0.1) is 0 Å². The van der Waals surface area contributed by atoms with Crippen LogP contribution in [0, 0.1) is 0 Å². The maximum absolute atomic E-state index is 5.92. The summed E-state index contributed by atoms with van der Waals surface area (Å²) in [6, 6.07) is 12.9. The first-order valence-corrected chi connectivity index (χ1v) is 7.29. The van der Waals surface area contributed by atoms with E-state index in [1.807, 2.05) is 36.5 Å². The van der Waals surface area contributed by atoms with Crippen LogP contribution in [0.15, 0.2) is 42.6 Å². The molecule has 1 aromatic carbocycles. The zero-order chi connectivity index (χ0) is 13.8. The second kappa shape index (κ2) is 6.06. The molecule has 0 bridgehead atoms. The lowest BCUT2D eigenvalue weighted by atomic mass is 10.1. The molecule has 0 unspecified atom stereocenters. The summed E-state index contributed by atoms with van der Waals surface area (Å²) in [6.07, 6.45) is 5.38. The van der Waals surface area contributed by atoms with Gasteiger partial charge >= 0.3 is 0 Å². The Bertz CT molecular complexity index is 579. The van der Waals surface area contributed by atoms with Crippen molar-refractivity contribution in [1.29, 1.82) is 0 Å². The lowest BCUT2D eigenvalue weighted by Gasteiger charge is -2.10. The van der Waals surface area contributed by atoms with E-state index >= 15 is 0 Å². The van der Waals surface area contributed by atoms with E-state index in [9.17, 15) is 0 Å². The summed E-state index contributed by atoms with van der Waals surface area (Å²) in [5.41, 5.74) is 2.42. The SMILES string of the molecule is CCc1ccccc1Oc1cc(CNC2CC2)ccn1. The van der Waals surface area contributed by atoms with Crippen LogP contribution < -0.4 is 10.1 Å². The van der Waals surface area contributed by atoms with Crippen molar-refractivity contribution in [2.75, 3.05) is 0 Å². The molecule has 0 atom stereocenters. The molecular weight excluding hydrogens is 248 g/mol. The number of nitrogens with zero attached hydrogens (tertiary/aromatic N) is 1. The predicted octanol–water partition coefficient (Wildman–Crippen LogP) is 3.69. The molecule has 1 N–H and O–H groups in total. The van der Waals surface area contributed by atoms with Crippen molar-refractivity contribution in [3.8, 4) is 11.6 Å². The second-order valence-electron chi connectivity index (χ2n) is 5.22. The normalized spacial score (nSPS) is 14.2. The fourth-order valence-electron chi connectivity index (χ4n) is 2.17. The second-order valence-corrected chi connectivity index (χ2v) is 5.22. The van der Waals surface area contributed by atoms with Gasteiger partial charge in [0, 0.05) is 24.8 Å². The van der Waals surface area contributed by atoms with E-state index in [1.54, 1.807) is 0 Å². The third kappa shape index (κ3) is 3.36. The summed E-state index contributed by atoms with van der Waals surface area (Å²) in [4.78, 5) is 4.30. The number of nitrogens with one attached hydrogen (secondary N) is 1. The van der Waals surface area contributed by atoms with Crippen molar-refractivity contribution in [3.63, 3.8) is 0 Å². The lowest BCUT2D eigenvalue weighted by molar-refractivity contribution is 0.456. The van der Waals surface area contributed by atoms with Gasteiger partial charge in [0.15, 0.2) is 0 Å². The minimum atomic E-state index is 0.668. The highest BCUT2D eigenvalue weighted by Crippen LogP contribution is 2.25. The van der Waals surface area contributed by atoms with Gasteiger partial charge in [0.1, 0.15) is 5.75 Å². The zero-order valence-corrected chi connectivity index (χ0v) is 11.8. The first kappa shape index (κ1) is 13.1. The fourth-order valence-corrected chi connectivity index (χ4v) is 2.17. The van der Waals surface area contributed by atoms with Crippen LogP contribution in [0.3, 0.4) is 0 Å². The molecule has 1 fully saturated rings. The molecule has 2 aromatic rings. The highest BCUT2D eigenvalue weighted by molar-refractivity contribution is 5.36. The number of pyridine rings is 1. The van der Waals surface area contributed by atoms with Crippen LogP contribution in [0.5, 0.6) is 11.6 Å². The Hall–Kier alpha value is -1.87. The van der Waals surface area contributed by atoms with Gasteiger partial charge in [-0.05, 0) is 42.5 Å². The van der Waals surface area contributed by atoms with E-state index in [1.165, 1.54) is 24.0 Å². The van der Waals surface area contributed by atoms with Crippen LogP contribution in [0.25, 0.3) is 0 Å². The average molecular weight is 268 g/mol. The van der Waals surface area contributed by atoms with E-state index in [0.29, 0.717) is 11.9 Å². The summed E-state index contributed by atoms with van der Waals surface area (Å²) in [7, 11) is 0. The Labute approximate surface area is 120 Å². The van der Waals surface area contributed by atoms with Crippen molar-refractivity contribution >= 4 is 0 Å². The monoisotopic (exact) mass is 268 g/mol. The summed E-state index contributed by atoms with van der Waals surface area (Å²) < 4.78 is 5.92. The molecule has 1 heterocycles. The van der Waals surface area contributed by atoms with Gasteiger partial charge < -0.3 is 10.1 Å². The third-order valence-electron chi connectivity index (χ3n) is 3.54. The smallest absolute Gasteiger partial charge is 0.219 e. The average Bonchev–Trinajstić information content (AvgIpc) is 3.30. The Kier molecular flexibility index (Phi) is 3.97. The molecule has 3 nitrogen and oxygen atoms in total. The van der Waals surface area contributed by atoms with Crippen molar-refractivity contribution in [1.82, 2.24) is 10.3 Å². The number of hydrogen-bond acceptors (Lipinski definition) is 3. The van der Waals surface area contributed by atoms with Crippen molar-refractivity contribution in [2.24, 2.45) is 0 Å². The minimum Gasteiger partial charge on any atom is -0.439 e. The number of para-hydroxylation sites is 1. The van der Waals surface area contributed by atoms with Crippen molar-refractivity contribution < 1.29 is 4.74 Å². The van der Waals surface area contributed by atoms with Crippen molar-refractivity contribution in [2.45, 2.75) is 38.8 Å². The lowest BCUT2D eigenvalue weighted by Crippen LogP contribution is -2.15. The Morgan fingerprint density at radius 2 is 2.10 bits per heavy atom. The number of ether oxygens (including phenoxy) is 1. The van der Waals surface area contributed by atoms with Gasteiger partial charge in [-0.3, -0.25) is 0 Å². The maximum atomic E-state index is 5.92. The molecule has 0 radical (unpaired) electrons. The highest BCUT2D eigenvalue weighted by atomic mass is 16.5. The van der Waals surface area contributed by atoms with Crippen LogP contribution in [0.4, 0.5) is 0 Å². The molecule has 1 saturated carbocycles. The molecule has 1 aromatic heterocycles. The van der Waals surface area contributed by atoms with Gasteiger partial charge in [0.25, 0.3) is 0 Å². The quantitative estimate of drug-likeness (QED) is 0.867. The van der Waals surface area contributed by atoms with Crippen LogP contribution in [0.2, 0.25) is 0 Å². The van der Waals surface area contributed by atoms with Crippen LogP contribution >= 0.6 is 0 Å². The number of aryl methyl sites for hydroxylation is 1. The highest BCUT2D eigenvalue weighted by Gasteiger charge is 2.19. The van der Waals surface area contributed by atoms with Gasteiger partial charge in [0.2, 0.25) is 5.88 Å². The number of rotatable bonds is 6. The largest absolute Gasteiger partial charge is 0.439 e. The van der Waals surface area contributed by atoms with Gasteiger partial charge in [-0.25, -0.2) is 4.98 Å². The van der Waals surface area contributed by atoms with E-state index in [2.05, 4.69) is 23.3 Å². The summed E-state index contributed by atoms with van der Waals surface area (Å²) in [5.74, 6) is 1.57. The molecule has 0 spiro atoms. The molecule has 1 aliphatic carbocycles. The zero-order valence-electron chi connectivity index (χ0n) is 11.8. The maximum Gasteiger partial charge on any atom is 0.219 e. The van der Waals surface area contributed by atoms with E-state index in [4.69, 9.17) is 4.74 Å². The molecule has 0 amide bonds. The fraction of sp³-hybridized carbons (Fsp3) is 0.353. The van der Waals surface area contributed by atoms with Gasteiger partial charge in [-0.1, -0.05) is 25.1 Å². The molecular formula is C17H20N2O. The topological polar surface area (TPSA) is 34.1 Å². The Morgan fingerprint density at radius 3 is 2.90 bits per heavy atom. The van der Waals surface area contributed by atoms with Crippen LogP contribution in [0.1, 0.15) is 30.9 Å². The molecule has 3 rings (SSSR count).